The molecule has 1 rings (SSSR count). The smallest absolute Gasteiger partial charge is 0.0409 e. The van der Waals surface area contributed by atoms with Gasteiger partial charge in [-0.2, -0.15) is 0 Å². The maximum absolute atomic E-state index is 6.10. The highest BCUT2D eigenvalue weighted by Crippen LogP contribution is 2.27. The Hall–Kier alpha value is -0.530. The summed E-state index contributed by atoms with van der Waals surface area (Å²) < 4.78 is 0. The summed E-state index contributed by atoms with van der Waals surface area (Å²) in [5, 5.41) is 4.49. The van der Waals surface area contributed by atoms with Crippen LogP contribution in [-0.2, 0) is 0 Å². The van der Waals surface area contributed by atoms with Gasteiger partial charge >= 0.3 is 0 Å². The molecule has 0 heterocycles. The standard InChI is InChI=1S/C16H26ClN/c1-4-6-8-13(3)16(18-11-5-2)14-9-7-10-15(17)12-14/h7,9-10,12-13,16,18H,4-6,8,11H2,1-3H3. The Morgan fingerprint density at radius 3 is 2.61 bits per heavy atom. The monoisotopic (exact) mass is 267 g/mol. The number of hydrogen-bond acceptors (Lipinski definition) is 1. The third-order valence-corrected chi connectivity index (χ3v) is 3.64. The molecule has 0 aliphatic rings. The molecule has 2 unspecified atom stereocenters. The number of unbranched alkanes of at least 4 members (excludes halogenated alkanes) is 1. The van der Waals surface area contributed by atoms with Crippen molar-refractivity contribution >= 4 is 11.6 Å². The molecule has 0 saturated carbocycles. The summed E-state index contributed by atoms with van der Waals surface area (Å²) in [6, 6.07) is 8.69. The average molecular weight is 268 g/mol. The van der Waals surface area contributed by atoms with Gasteiger partial charge in [0.25, 0.3) is 0 Å². The van der Waals surface area contributed by atoms with E-state index in [-0.39, 0.29) is 0 Å². The van der Waals surface area contributed by atoms with Gasteiger partial charge in [0.1, 0.15) is 0 Å². The van der Waals surface area contributed by atoms with Crippen LogP contribution in [0.2, 0.25) is 5.02 Å². The first-order chi connectivity index (χ1) is 8.69. The number of benzene rings is 1. The summed E-state index contributed by atoms with van der Waals surface area (Å²) in [5.74, 6) is 0.648. The van der Waals surface area contributed by atoms with Crippen LogP contribution in [0.5, 0.6) is 0 Å². The molecule has 0 aliphatic heterocycles. The summed E-state index contributed by atoms with van der Waals surface area (Å²) >= 11 is 6.10. The van der Waals surface area contributed by atoms with Crippen LogP contribution in [-0.4, -0.2) is 6.54 Å². The van der Waals surface area contributed by atoms with Gasteiger partial charge < -0.3 is 5.32 Å². The van der Waals surface area contributed by atoms with Gasteiger partial charge in [0.2, 0.25) is 0 Å². The maximum Gasteiger partial charge on any atom is 0.0409 e. The largest absolute Gasteiger partial charge is 0.310 e. The van der Waals surface area contributed by atoms with E-state index in [9.17, 15) is 0 Å². The molecule has 0 spiro atoms. The van der Waals surface area contributed by atoms with Crippen LogP contribution in [0.4, 0.5) is 0 Å². The number of nitrogens with one attached hydrogen (secondary N) is 1. The third-order valence-electron chi connectivity index (χ3n) is 3.40. The summed E-state index contributed by atoms with van der Waals surface area (Å²) in [7, 11) is 0. The molecule has 0 bridgehead atoms. The van der Waals surface area contributed by atoms with Gasteiger partial charge in [-0.3, -0.25) is 0 Å². The lowest BCUT2D eigenvalue weighted by atomic mass is 9.90. The Morgan fingerprint density at radius 1 is 1.22 bits per heavy atom. The van der Waals surface area contributed by atoms with Crippen LogP contribution < -0.4 is 5.32 Å². The van der Waals surface area contributed by atoms with Crippen LogP contribution in [0.25, 0.3) is 0 Å². The van der Waals surface area contributed by atoms with Gasteiger partial charge in [0.05, 0.1) is 0 Å². The van der Waals surface area contributed by atoms with E-state index >= 15 is 0 Å². The summed E-state index contributed by atoms with van der Waals surface area (Å²) in [4.78, 5) is 0. The Balaban J connectivity index is 2.76. The molecular formula is C16H26ClN. The van der Waals surface area contributed by atoms with Crippen molar-refractivity contribution in [1.29, 1.82) is 0 Å². The normalized spacial score (nSPS) is 14.4. The van der Waals surface area contributed by atoms with Crippen LogP contribution >= 0.6 is 11.6 Å². The highest BCUT2D eigenvalue weighted by molar-refractivity contribution is 6.30. The summed E-state index contributed by atoms with van der Waals surface area (Å²) in [6.45, 7) is 7.86. The van der Waals surface area contributed by atoms with Crippen molar-refractivity contribution in [3.8, 4) is 0 Å². The topological polar surface area (TPSA) is 12.0 Å². The van der Waals surface area contributed by atoms with Crippen molar-refractivity contribution in [2.75, 3.05) is 6.54 Å². The van der Waals surface area contributed by atoms with Gasteiger partial charge in [-0.1, -0.05) is 57.3 Å². The molecule has 0 saturated heterocycles. The van der Waals surface area contributed by atoms with Gasteiger partial charge in [0.15, 0.2) is 0 Å². The second-order valence-corrected chi connectivity index (χ2v) is 5.54. The lowest BCUT2D eigenvalue weighted by Gasteiger charge is -2.26. The third kappa shape index (κ3) is 4.99. The van der Waals surface area contributed by atoms with Crippen LogP contribution in [0, 0.1) is 5.92 Å². The second kappa shape index (κ2) is 8.55. The minimum Gasteiger partial charge on any atom is -0.310 e. The number of rotatable bonds is 8. The highest BCUT2D eigenvalue weighted by atomic mass is 35.5. The van der Waals surface area contributed by atoms with Crippen LogP contribution in [0.1, 0.15) is 58.1 Å². The Kier molecular flexibility index (Phi) is 7.38. The molecule has 2 atom stereocenters. The summed E-state index contributed by atoms with van der Waals surface area (Å²) in [5.41, 5.74) is 1.32. The van der Waals surface area contributed by atoms with E-state index in [0.717, 1.165) is 18.0 Å². The average Bonchev–Trinajstić information content (AvgIpc) is 2.37. The maximum atomic E-state index is 6.10. The van der Waals surface area contributed by atoms with E-state index in [1.807, 2.05) is 12.1 Å². The van der Waals surface area contributed by atoms with Crippen molar-refractivity contribution < 1.29 is 0 Å². The van der Waals surface area contributed by atoms with Crippen molar-refractivity contribution in [3.63, 3.8) is 0 Å². The van der Waals surface area contributed by atoms with E-state index in [2.05, 4.69) is 38.2 Å². The fraction of sp³-hybridized carbons (Fsp3) is 0.625. The minimum atomic E-state index is 0.426. The molecule has 0 radical (unpaired) electrons. The molecule has 2 heteroatoms. The summed E-state index contributed by atoms with van der Waals surface area (Å²) in [6.07, 6.45) is 4.99. The zero-order valence-corrected chi connectivity index (χ0v) is 12.6. The number of hydrogen-bond donors (Lipinski definition) is 1. The lowest BCUT2D eigenvalue weighted by Crippen LogP contribution is -2.27. The molecule has 1 aromatic rings. The van der Waals surface area contributed by atoms with Crippen molar-refractivity contribution in [2.24, 2.45) is 5.92 Å². The fourth-order valence-electron chi connectivity index (χ4n) is 2.34. The van der Waals surface area contributed by atoms with Crippen LogP contribution in [0.15, 0.2) is 24.3 Å². The van der Waals surface area contributed by atoms with E-state index in [4.69, 9.17) is 11.6 Å². The minimum absolute atomic E-state index is 0.426. The quantitative estimate of drug-likeness (QED) is 0.682. The molecule has 0 aliphatic carbocycles. The zero-order valence-electron chi connectivity index (χ0n) is 11.9. The first kappa shape index (κ1) is 15.5. The molecule has 1 N–H and O–H groups in total. The second-order valence-electron chi connectivity index (χ2n) is 5.11. The number of halogens is 1. The molecule has 1 nitrogen and oxygen atoms in total. The Bertz CT molecular complexity index is 338. The zero-order chi connectivity index (χ0) is 13.4. The predicted octanol–water partition coefficient (Wildman–Crippen LogP) is 5.21. The highest BCUT2D eigenvalue weighted by Gasteiger charge is 2.18. The van der Waals surface area contributed by atoms with Gasteiger partial charge in [0, 0.05) is 11.1 Å². The van der Waals surface area contributed by atoms with Crippen molar-refractivity contribution in [1.82, 2.24) is 5.32 Å². The van der Waals surface area contributed by atoms with Crippen LogP contribution in [0.3, 0.4) is 0 Å². The van der Waals surface area contributed by atoms with E-state index in [0.29, 0.717) is 12.0 Å². The van der Waals surface area contributed by atoms with Gasteiger partial charge in [-0.15, -0.1) is 0 Å². The van der Waals surface area contributed by atoms with E-state index < -0.39 is 0 Å². The molecular weight excluding hydrogens is 242 g/mol. The van der Waals surface area contributed by atoms with Crippen molar-refractivity contribution in [2.45, 2.75) is 52.5 Å². The van der Waals surface area contributed by atoms with Crippen molar-refractivity contribution in [3.05, 3.63) is 34.9 Å². The SMILES string of the molecule is CCCCC(C)C(NCCC)c1cccc(Cl)c1. The molecule has 0 amide bonds. The Morgan fingerprint density at radius 2 is 2.00 bits per heavy atom. The lowest BCUT2D eigenvalue weighted by molar-refractivity contribution is 0.357. The first-order valence-electron chi connectivity index (χ1n) is 7.17. The molecule has 0 aromatic heterocycles. The van der Waals surface area contributed by atoms with Gasteiger partial charge in [-0.05, 0) is 43.0 Å². The Labute approximate surface area is 117 Å². The van der Waals surface area contributed by atoms with E-state index in [1.165, 1.54) is 24.8 Å². The molecule has 102 valence electrons. The molecule has 18 heavy (non-hydrogen) atoms. The molecule has 1 aromatic carbocycles. The predicted molar refractivity (Wildman–Crippen MR) is 81.2 cm³/mol. The fourth-order valence-corrected chi connectivity index (χ4v) is 2.54. The first-order valence-corrected chi connectivity index (χ1v) is 7.55. The van der Waals surface area contributed by atoms with E-state index in [1.54, 1.807) is 0 Å². The van der Waals surface area contributed by atoms with Gasteiger partial charge in [-0.25, -0.2) is 0 Å². The molecule has 0 fully saturated rings.